The number of benzene rings is 2. The third-order valence-electron chi connectivity index (χ3n) is 2.70. The third-order valence-corrected chi connectivity index (χ3v) is 3.05. The van der Waals surface area contributed by atoms with E-state index in [1.165, 1.54) is 24.3 Å². The summed E-state index contributed by atoms with van der Waals surface area (Å²) in [7, 11) is 0. The van der Waals surface area contributed by atoms with Crippen molar-refractivity contribution in [2.75, 3.05) is 0 Å². The fourth-order valence-corrected chi connectivity index (χ4v) is 1.97. The summed E-state index contributed by atoms with van der Waals surface area (Å²) in [6, 6.07) is 8.08. The first-order chi connectivity index (χ1) is 8.49. The minimum absolute atomic E-state index is 0.0769. The van der Waals surface area contributed by atoms with E-state index in [-0.39, 0.29) is 16.1 Å². The van der Waals surface area contributed by atoms with Crippen LogP contribution in [0.25, 0.3) is 0 Å². The molecule has 18 heavy (non-hydrogen) atoms. The Balaban J connectivity index is 2.47. The summed E-state index contributed by atoms with van der Waals surface area (Å²) < 4.78 is 26.8. The van der Waals surface area contributed by atoms with Gasteiger partial charge in [-0.2, -0.15) is 0 Å². The first-order valence-corrected chi connectivity index (χ1v) is 5.76. The van der Waals surface area contributed by atoms with Crippen molar-refractivity contribution >= 4 is 11.6 Å². The van der Waals surface area contributed by atoms with Crippen molar-refractivity contribution in [1.29, 1.82) is 0 Å². The maximum Gasteiger partial charge on any atom is 0.129 e. The lowest BCUT2D eigenvalue weighted by atomic mass is 10.00. The molecular formula is C14H11ClF2O. The van der Waals surface area contributed by atoms with Gasteiger partial charge in [0.25, 0.3) is 0 Å². The van der Waals surface area contributed by atoms with Crippen LogP contribution in [0.1, 0.15) is 22.8 Å². The molecule has 0 amide bonds. The van der Waals surface area contributed by atoms with Crippen molar-refractivity contribution in [3.63, 3.8) is 0 Å². The van der Waals surface area contributed by atoms with Crippen LogP contribution in [0.15, 0.2) is 36.4 Å². The number of hydrogen-bond donors (Lipinski definition) is 1. The molecule has 1 nitrogen and oxygen atoms in total. The van der Waals surface area contributed by atoms with Crippen molar-refractivity contribution in [2.24, 2.45) is 0 Å². The molecule has 0 fully saturated rings. The van der Waals surface area contributed by atoms with Gasteiger partial charge < -0.3 is 5.11 Å². The van der Waals surface area contributed by atoms with Crippen LogP contribution in [0.2, 0.25) is 5.02 Å². The minimum atomic E-state index is -1.28. The predicted octanol–water partition coefficient (Wildman–Crippen LogP) is 4.01. The Morgan fingerprint density at radius 2 is 1.78 bits per heavy atom. The molecule has 4 heteroatoms. The first kappa shape index (κ1) is 13.0. The van der Waals surface area contributed by atoms with E-state index in [1.807, 2.05) is 0 Å². The predicted molar refractivity (Wildman–Crippen MR) is 66.6 cm³/mol. The second-order valence-corrected chi connectivity index (χ2v) is 4.50. The van der Waals surface area contributed by atoms with Crippen molar-refractivity contribution < 1.29 is 13.9 Å². The molecule has 0 saturated carbocycles. The number of aryl methyl sites for hydroxylation is 1. The number of aliphatic hydroxyl groups is 1. The van der Waals surface area contributed by atoms with Crippen LogP contribution in [-0.2, 0) is 0 Å². The Morgan fingerprint density at radius 3 is 2.44 bits per heavy atom. The van der Waals surface area contributed by atoms with Crippen LogP contribution in [-0.4, -0.2) is 5.11 Å². The lowest BCUT2D eigenvalue weighted by Crippen LogP contribution is -2.04. The van der Waals surface area contributed by atoms with E-state index in [9.17, 15) is 13.9 Å². The van der Waals surface area contributed by atoms with Gasteiger partial charge in [-0.25, -0.2) is 8.78 Å². The van der Waals surface area contributed by atoms with Gasteiger partial charge in [-0.15, -0.1) is 0 Å². The fourth-order valence-electron chi connectivity index (χ4n) is 1.75. The van der Waals surface area contributed by atoms with Crippen LogP contribution in [0.4, 0.5) is 8.78 Å². The average Bonchev–Trinajstić information content (AvgIpc) is 2.31. The molecule has 0 aliphatic rings. The molecule has 0 spiro atoms. The van der Waals surface area contributed by atoms with Crippen molar-refractivity contribution in [1.82, 2.24) is 0 Å². The topological polar surface area (TPSA) is 20.2 Å². The highest BCUT2D eigenvalue weighted by Gasteiger charge is 2.18. The second-order valence-electron chi connectivity index (χ2n) is 4.09. The van der Waals surface area contributed by atoms with Gasteiger partial charge >= 0.3 is 0 Å². The van der Waals surface area contributed by atoms with Gasteiger partial charge in [0.15, 0.2) is 0 Å². The zero-order chi connectivity index (χ0) is 13.3. The van der Waals surface area contributed by atoms with Crippen LogP contribution in [0, 0.1) is 18.6 Å². The Hall–Kier alpha value is -1.45. The molecule has 2 aromatic rings. The van der Waals surface area contributed by atoms with Crippen LogP contribution in [0.5, 0.6) is 0 Å². The van der Waals surface area contributed by atoms with E-state index in [4.69, 9.17) is 11.6 Å². The molecule has 0 aliphatic carbocycles. The first-order valence-electron chi connectivity index (χ1n) is 5.38. The highest BCUT2D eigenvalue weighted by molar-refractivity contribution is 6.31. The Labute approximate surface area is 109 Å². The van der Waals surface area contributed by atoms with Crippen molar-refractivity contribution in [2.45, 2.75) is 13.0 Å². The van der Waals surface area contributed by atoms with Gasteiger partial charge in [-0.05, 0) is 36.8 Å². The van der Waals surface area contributed by atoms with Gasteiger partial charge in [-0.3, -0.25) is 0 Å². The van der Waals surface area contributed by atoms with E-state index in [0.29, 0.717) is 0 Å². The normalized spacial score (nSPS) is 12.5. The Bertz CT molecular complexity index is 584. The molecular weight excluding hydrogens is 258 g/mol. The highest BCUT2D eigenvalue weighted by atomic mass is 35.5. The molecule has 2 aromatic carbocycles. The molecule has 0 saturated heterocycles. The number of aliphatic hydroxyl groups excluding tert-OH is 1. The molecule has 1 N–H and O–H groups in total. The number of rotatable bonds is 2. The number of halogens is 3. The summed E-state index contributed by atoms with van der Waals surface area (Å²) in [6.45, 7) is 1.74. The van der Waals surface area contributed by atoms with Gasteiger partial charge in [0.2, 0.25) is 0 Å². The molecule has 0 aromatic heterocycles. The molecule has 0 radical (unpaired) electrons. The molecule has 0 aliphatic heterocycles. The lowest BCUT2D eigenvalue weighted by molar-refractivity contribution is 0.214. The minimum Gasteiger partial charge on any atom is -0.383 e. The summed E-state index contributed by atoms with van der Waals surface area (Å²) in [4.78, 5) is 0. The molecule has 1 atom stereocenters. The van der Waals surface area contributed by atoms with E-state index < -0.39 is 17.7 Å². The van der Waals surface area contributed by atoms with Crippen LogP contribution in [0.3, 0.4) is 0 Å². The van der Waals surface area contributed by atoms with Crippen LogP contribution >= 0.6 is 11.6 Å². The molecule has 94 valence electrons. The van der Waals surface area contributed by atoms with E-state index in [1.54, 1.807) is 13.0 Å². The van der Waals surface area contributed by atoms with Gasteiger partial charge in [0.05, 0.1) is 0 Å². The summed E-state index contributed by atoms with van der Waals surface area (Å²) in [5.74, 6) is -1.07. The third kappa shape index (κ3) is 2.52. The van der Waals surface area contributed by atoms with E-state index in [2.05, 4.69) is 0 Å². The van der Waals surface area contributed by atoms with Gasteiger partial charge in [0.1, 0.15) is 17.7 Å². The van der Waals surface area contributed by atoms with Crippen molar-refractivity contribution in [3.8, 4) is 0 Å². The summed E-state index contributed by atoms with van der Waals surface area (Å²) >= 11 is 5.88. The zero-order valence-corrected chi connectivity index (χ0v) is 10.4. The summed E-state index contributed by atoms with van der Waals surface area (Å²) in [6.07, 6.45) is -1.28. The maximum absolute atomic E-state index is 13.7. The standard InChI is InChI=1S/C14H11ClF2O/c1-8-2-4-10(13(17)6-8)14(18)11-7-9(16)3-5-12(11)15/h2-7,14,18H,1H3. The van der Waals surface area contributed by atoms with Crippen molar-refractivity contribution in [3.05, 3.63) is 69.7 Å². The van der Waals surface area contributed by atoms with Gasteiger partial charge in [-0.1, -0.05) is 23.7 Å². The maximum atomic E-state index is 13.7. The monoisotopic (exact) mass is 268 g/mol. The van der Waals surface area contributed by atoms with Crippen LogP contribution < -0.4 is 0 Å². The number of hydrogen-bond acceptors (Lipinski definition) is 1. The Kier molecular flexibility index (Phi) is 3.64. The summed E-state index contributed by atoms with van der Waals surface area (Å²) in [5, 5.41) is 10.3. The van der Waals surface area contributed by atoms with E-state index >= 15 is 0 Å². The van der Waals surface area contributed by atoms with E-state index in [0.717, 1.165) is 11.6 Å². The molecule has 0 bridgehead atoms. The summed E-state index contributed by atoms with van der Waals surface area (Å²) in [5.41, 5.74) is 0.973. The zero-order valence-electron chi connectivity index (χ0n) is 9.62. The quantitative estimate of drug-likeness (QED) is 0.873. The molecule has 1 unspecified atom stereocenters. The lowest BCUT2D eigenvalue weighted by Gasteiger charge is -2.14. The fraction of sp³-hybridized carbons (Fsp3) is 0.143. The average molecular weight is 269 g/mol. The SMILES string of the molecule is Cc1ccc(C(O)c2cc(F)ccc2Cl)c(F)c1. The molecule has 2 rings (SSSR count). The largest absolute Gasteiger partial charge is 0.383 e. The Morgan fingerprint density at radius 1 is 1.06 bits per heavy atom. The smallest absolute Gasteiger partial charge is 0.129 e. The molecule has 0 heterocycles. The highest BCUT2D eigenvalue weighted by Crippen LogP contribution is 2.30. The van der Waals surface area contributed by atoms with Gasteiger partial charge in [0, 0.05) is 16.1 Å². The second kappa shape index (κ2) is 5.04.